The van der Waals surface area contributed by atoms with Crippen molar-refractivity contribution in [1.82, 2.24) is 9.88 Å². The Kier molecular flexibility index (Phi) is 4.11. The summed E-state index contributed by atoms with van der Waals surface area (Å²) in [5.41, 5.74) is 4.06. The van der Waals surface area contributed by atoms with Crippen LogP contribution in [0.1, 0.15) is 17.5 Å². The van der Waals surface area contributed by atoms with E-state index in [1.807, 2.05) is 12.3 Å². The van der Waals surface area contributed by atoms with E-state index in [0.29, 0.717) is 0 Å². The molecule has 0 unspecified atom stereocenters. The Morgan fingerprint density at radius 1 is 0.958 bits per heavy atom. The van der Waals surface area contributed by atoms with Gasteiger partial charge in [0.2, 0.25) is 0 Å². The molecule has 0 atom stereocenters. The quantitative estimate of drug-likeness (QED) is 0.868. The molecule has 2 heterocycles. The Hall–Kier alpha value is -2.49. The maximum absolute atomic E-state index is 5.56. The van der Waals surface area contributed by atoms with Crippen LogP contribution < -0.4 is 9.64 Å². The SMILES string of the molecule is COc1cccc2c1CCC=C2N1CCN(c2ccccn2)CC1. The van der Waals surface area contributed by atoms with E-state index < -0.39 is 0 Å². The van der Waals surface area contributed by atoms with Crippen molar-refractivity contribution in [3.8, 4) is 5.75 Å². The van der Waals surface area contributed by atoms with E-state index in [-0.39, 0.29) is 0 Å². The molecule has 4 rings (SSSR count). The number of hydrogen-bond acceptors (Lipinski definition) is 4. The van der Waals surface area contributed by atoms with E-state index in [4.69, 9.17) is 4.74 Å². The van der Waals surface area contributed by atoms with Crippen molar-refractivity contribution >= 4 is 11.5 Å². The van der Waals surface area contributed by atoms with Crippen LogP contribution in [0, 0.1) is 0 Å². The van der Waals surface area contributed by atoms with Gasteiger partial charge in [0.25, 0.3) is 0 Å². The molecule has 0 spiro atoms. The van der Waals surface area contributed by atoms with E-state index in [9.17, 15) is 0 Å². The van der Waals surface area contributed by atoms with Gasteiger partial charge in [0.15, 0.2) is 0 Å². The molecule has 0 bridgehead atoms. The normalized spacial score (nSPS) is 17.3. The molecule has 124 valence electrons. The molecule has 0 saturated carbocycles. The summed E-state index contributed by atoms with van der Waals surface area (Å²) < 4.78 is 5.56. The number of hydrogen-bond donors (Lipinski definition) is 0. The largest absolute Gasteiger partial charge is 0.496 e. The minimum Gasteiger partial charge on any atom is -0.496 e. The van der Waals surface area contributed by atoms with Crippen LogP contribution in [0.15, 0.2) is 48.7 Å². The molecule has 4 nitrogen and oxygen atoms in total. The average Bonchev–Trinajstić information content (AvgIpc) is 2.68. The monoisotopic (exact) mass is 321 g/mol. The molecule has 1 fully saturated rings. The second kappa shape index (κ2) is 6.56. The third-order valence-corrected chi connectivity index (χ3v) is 4.95. The molecule has 2 aromatic rings. The highest BCUT2D eigenvalue weighted by atomic mass is 16.5. The summed E-state index contributed by atoms with van der Waals surface area (Å²) in [4.78, 5) is 9.35. The van der Waals surface area contributed by atoms with Crippen molar-refractivity contribution in [2.45, 2.75) is 12.8 Å². The molecular formula is C20H23N3O. The zero-order chi connectivity index (χ0) is 16.4. The summed E-state index contributed by atoms with van der Waals surface area (Å²) in [6, 6.07) is 12.5. The third-order valence-electron chi connectivity index (χ3n) is 4.95. The maximum Gasteiger partial charge on any atom is 0.128 e. The lowest BCUT2D eigenvalue weighted by Crippen LogP contribution is -2.46. The number of anilines is 1. The van der Waals surface area contributed by atoms with Gasteiger partial charge in [-0.25, -0.2) is 4.98 Å². The first-order valence-electron chi connectivity index (χ1n) is 8.64. The molecule has 1 aromatic carbocycles. The highest BCUT2D eigenvalue weighted by molar-refractivity contribution is 5.71. The number of aromatic nitrogens is 1. The number of fused-ring (bicyclic) bond motifs is 1. The van der Waals surface area contributed by atoms with Crippen LogP contribution in [-0.2, 0) is 6.42 Å². The van der Waals surface area contributed by atoms with Gasteiger partial charge in [-0.1, -0.05) is 24.3 Å². The summed E-state index contributed by atoms with van der Waals surface area (Å²) >= 11 is 0. The van der Waals surface area contributed by atoms with Gasteiger partial charge in [-0.05, 0) is 31.0 Å². The minimum atomic E-state index is 1.01. The highest BCUT2D eigenvalue weighted by Gasteiger charge is 2.24. The lowest BCUT2D eigenvalue weighted by atomic mass is 9.92. The number of methoxy groups -OCH3 is 1. The Bertz CT molecular complexity index is 734. The smallest absolute Gasteiger partial charge is 0.128 e. The fourth-order valence-corrected chi connectivity index (χ4v) is 3.73. The van der Waals surface area contributed by atoms with Gasteiger partial charge in [-0.15, -0.1) is 0 Å². The van der Waals surface area contributed by atoms with Gasteiger partial charge in [0.05, 0.1) is 7.11 Å². The molecule has 1 saturated heterocycles. The Morgan fingerprint density at radius 3 is 2.54 bits per heavy atom. The molecule has 1 aromatic heterocycles. The second-order valence-electron chi connectivity index (χ2n) is 6.28. The highest BCUT2D eigenvalue weighted by Crippen LogP contribution is 2.35. The summed E-state index contributed by atoms with van der Waals surface area (Å²) in [7, 11) is 1.76. The number of nitrogens with zero attached hydrogens (tertiary/aromatic N) is 3. The van der Waals surface area contributed by atoms with Crippen LogP contribution in [0.5, 0.6) is 5.75 Å². The zero-order valence-electron chi connectivity index (χ0n) is 14.1. The lowest BCUT2D eigenvalue weighted by Gasteiger charge is -2.39. The third kappa shape index (κ3) is 2.73. The van der Waals surface area contributed by atoms with Crippen LogP contribution in [-0.4, -0.2) is 43.2 Å². The number of piperazine rings is 1. The first-order chi connectivity index (χ1) is 11.9. The summed E-state index contributed by atoms with van der Waals surface area (Å²) in [6.45, 7) is 4.07. The van der Waals surface area contributed by atoms with Gasteiger partial charge in [0, 0.05) is 49.2 Å². The van der Waals surface area contributed by atoms with E-state index in [0.717, 1.165) is 50.6 Å². The standard InChI is InChI=1S/C20H23N3O/c1-24-19-9-5-6-16-17(19)7-4-8-18(16)22-12-14-23(15-13-22)20-10-2-3-11-21-20/h2-3,5-6,8-11H,4,7,12-15H2,1H3. The molecule has 1 aliphatic heterocycles. The van der Waals surface area contributed by atoms with E-state index in [2.05, 4.69) is 51.2 Å². The molecule has 2 aliphatic rings. The molecule has 0 N–H and O–H groups in total. The van der Waals surface area contributed by atoms with Crippen LogP contribution in [0.2, 0.25) is 0 Å². The van der Waals surface area contributed by atoms with Gasteiger partial charge < -0.3 is 14.5 Å². The van der Waals surface area contributed by atoms with E-state index in [1.165, 1.54) is 16.8 Å². The molecule has 0 amide bonds. The molecule has 4 heteroatoms. The number of ether oxygens (including phenoxy) is 1. The van der Waals surface area contributed by atoms with Gasteiger partial charge in [-0.3, -0.25) is 0 Å². The van der Waals surface area contributed by atoms with Gasteiger partial charge in [-0.2, -0.15) is 0 Å². The van der Waals surface area contributed by atoms with Crippen molar-refractivity contribution in [1.29, 1.82) is 0 Å². The maximum atomic E-state index is 5.56. The van der Waals surface area contributed by atoms with Crippen molar-refractivity contribution in [3.05, 3.63) is 59.8 Å². The Balaban J connectivity index is 1.52. The second-order valence-corrected chi connectivity index (χ2v) is 6.28. The minimum absolute atomic E-state index is 1.01. The molecule has 24 heavy (non-hydrogen) atoms. The Morgan fingerprint density at radius 2 is 1.79 bits per heavy atom. The Labute approximate surface area is 143 Å². The van der Waals surface area contributed by atoms with Crippen molar-refractivity contribution < 1.29 is 4.74 Å². The summed E-state index contributed by atoms with van der Waals surface area (Å²) in [5.74, 6) is 2.10. The first kappa shape index (κ1) is 15.1. The van der Waals surface area contributed by atoms with Crippen LogP contribution in [0.3, 0.4) is 0 Å². The number of pyridine rings is 1. The zero-order valence-corrected chi connectivity index (χ0v) is 14.1. The number of rotatable bonds is 3. The average molecular weight is 321 g/mol. The number of allylic oxidation sites excluding steroid dienone is 1. The van der Waals surface area contributed by atoms with Crippen LogP contribution in [0.4, 0.5) is 5.82 Å². The van der Waals surface area contributed by atoms with Gasteiger partial charge >= 0.3 is 0 Å². The summed E-state index contributed by atoms with van der Waals surface area (Å²) in [6.07, 6.45) is 6.41. The van der Waals surface area contributed by atoms with Crippen LogP contribution >= 0.6 is 0 Å². The molecular weight excluding hydrogens is 298 g/mol. The van der Waals surface area contributed by atoms with Crippen LogP contribution in [0.25, 0.3) is 5.70 Å². The fraction of sp³-hybridized carbons (Fsp3) is 0.350. The topological polar surface area (TPSA) is 28.6 Å². The first-order valence-corrected chi connectivity index (χ1v) is 8.64. The van der Waals surface area contributed by atoms with E-state index in [1.54, 1.807) is 7.11 Å². The summed E-state index contributed by atoms with van der Waals surface area (Å²) in [5, 5.41) is 0. The fourth-order valence-electron chi connectivity index (χ4n) is 3.73. The van der Waals surface area contributed by atoms with Gasteiger partial charge in [0.1, 0.15) is 11.6 Å². The van der Waals surface area contributed by atoms with Crippen molar-refractivity contribution in [3.63, 3.8) is 0 Å². The predicted octanol–water partition coefficient (Wildman–Crippen LogP) is 3.20. The lowest BCUT2D eigenvalue weighted by molar-refractivity contribution is 0.363. The molecule has 1 aliphatic carbocycles. The predicted molar refractivity (Wildman–Crippen MR) is 97.3 cm³/mol. The number of benzene rings is 1. The van der Waals surface area contributed by atoms with Crippen molar-refractivity contribution in [2.24, 2.45) is 0 Å². The molecule has 0 radical (unpaired) electrons. The van der Waals surface area contributed by atoms with E-state index >= 15 is 0 Å². The van der Waals surface area contributed by atoms with Crippen molar-refractivity contribution in [2.75, 3.05) is 38.2 Å².